The number of nitrogens with one attached hydrogen (secondary N) is 1. The van der Waals surface area contributed by atoms with Gasteiger partial charge in [-0.15, -0.1) is 0 Å². The quantitative estimate of drug-likeness (QED) is 0.901. The summed E-state index contributed by atoms with van der Waals surface area (Å²) in [6, 6.07) is 4.57. The van der Waals surface area contributed by atoms with E-state index in [0.717, 1.165) is 36.4 Å². The maximum Gasteiger partial charge on any atom is 0.203 e. The molecular formula is C16H23NO4. The molecule has 0 radical (unpaired) electrons. The fraction of sp³-hybridized carbons (Fsp3) is 0.625. The van der Waals surface area contributed by atoms with Crippen molar-refractivity contribution in [2.75, 3.05) is 27.4 Å². The van der Waals surface area contributed by atoms with Gasteiger partial charge in [0.05, 0.1) is 13.2 Å². The van der Waals surface area contributed by atoms with Gasteiger partial charge in [-0.3, -0.25) is 0 Å². The molecule has 0 aromatic heterocycles. The first-order chi connectivity index (χ1) is 10.3. The van der Waals surface area contributed by atoms with Crippen molar-refractivity contribution in [3.63, 3.8) is 0 Å². The lowest BCUT2D eigenvalue weighted by Gasteiger charge is -2.22. The highest BCUT2D eigenvalue weighted by atomic mass is 16.6. The topological polar surface area (TPSA) is 49.0 Å². The Bertz CT molecular complexity index is 474. The third-order valence-corrected chi connectivity index (χ3v) is 4.20. The van der Waals surface area contributed by atoms with Crippen LogP contribution in [0.15, 0.2) is 12.1 Å². The summed E-state index contributed by atoms with van der Waals surface area (Å²) in [5.41, 5.74) is 1.15. The minimum Gasteiger partial charge on any atom is -0.493 e. The molecule has 1 heterocycles. The van der Waals surface area contributed by atoms with E-state index >= 15 is 0 Å². The van der Waals surface area contributed by atoms with Crippen LogP contribution in [0, 0.1) is 0 Å². The fourth-order valence-corrected chi connectivity index (χ4v) is 3.03. The van der Waals surface area contributed by atoms with Crippen molar-refractivity contribution >= 4 is 0 Å². The number of ether oxygens (including phenoxy) is 4. The minimum atomic E-state index is 0.400. The molecule has 1 aliphatic carbocycles. The van der Waals surface area contributed by atoms with E-state index in [2.05, 4.69) is 5.32 Å². The highest BCUT2D eigenvalue weighted by Crippen LogP contribution is 2.40. The molecule has 0 spiro atoms. The summed E-state index contributed by atoms with van der Waals surface area (Å²) in [4.78, 5) is 0. The molecule has 1 N–H and O–H groups in total. The van der Waals surface area contributed by atoms with Gasteiger partial charge in [0.2, 0.25) is 5.75 Å². The zero-order valence-electron chi connectivity index (χ0n) is 12.7. The van der Waals surface area contributed by atoms with Crippen LogP contribution in [0.1, 0.15) is 24.8 Å². The van der Waals surface area contributed by atoms with E-state index in [1.165, 1.54) is 6.42 Å². The first-order valence-corrected chi connectivity index (χ1v) is 7.53. The predicted octanol–water partition coefficient (Wildman–Crippen LogP) is 2.12. The number of methoxy groups -OCH3 is 2. The first kappa shape index (κ1) is 14.5. The second-order valence-corrected chi connectivity index (χ2v) is 5.57. The lowest BCUT2D eigenvalue weighted by atomic mass is 10.1. The molecule has 2 aliphatic rings. The van der Waals surface area contributed by atoms with E-state index in [-0.39, 0.29) is 0 Å². The van der Waals surface area contributed by atoms with E-state index < -0.39 is 0 Å². The molecule has 2 unspecified atom stereocenters. The summed E-state index contributed by atoms with van der Waals surface area (Å²) < 4.78 is 22.1. The SMILES string of the molecule is COc1cc(CNC2CCC(OC)C2)cc2c1OCCO2. The van der Waals surface area contributed by atoms with E-state index in [9.17, 15) is 0 Å². The van der Waals surface area contributed by atoms with Crippen LogP contribution in [0.5, 0.6) is 17.2 Å². The number of hydrogen-bond acceptors (Lipinski definition) is 5. The zero-order chi connectivity index (χ0) is 14.7. The number of rotatable bonds is 5. The Kier molecular flexibility index (Phi) is 4.51. The summed E-state index contributed by atoms with van der Waals surface area (Å²) in [6.45, 7) is 1.96. The summed E-state index contributed by atoms with van der Waals surface area (Å²) >= 11 is 0. The van der Waals surface area contributed by atoms with Gasteiger partial charge < -0.3 is 24.3 Å². The van der Waals surface area contributed by atoms with Gasteiger partial charge >= 0.3 is 0 Å². The summed E-state index contributed by atoms with van der Waals surface area (Å²) in [7, 11) is 3.45. The monoisotopic (exact) mass is 293 g/mol. The number of fused-ring (bicyclic) bond motifs is 1. The van der Waals surface area contributed by atoms with Crippen LogP contribution in [0.25, 0.3) is 0 Å². The van der Waals surface area contributed by atoms with Crippen LogP contribution in [0.3, 0.4) is 0 Å². The molecule has 5 nitrogen and oxygen atoms in total. The molecule has 0 saturated heterocycles. The van der Waals surface area contributed by atoms with E-state index in [1.807, 2.05) is 12.1 Å². The summed E-state index contributed by atoms with van der Waals surface area (Å²) in [6.07, 6.45) is 3.79. The van der Waals surface area contributed by atoms with Crippen molar-refractivity contribution in [3.8, 4) is 17.2 Å². The Balaban J connectivity index is 1.65. The maximum absolute atomic E-state index is 5.66. The van der Waals surface area contributed by atoms with Crippen molar-refractivity contribution in [1.82, 2.24) is 5.32 Å². The first-order valence-electron chi connectivity index (χ1n) is 7.53. The fourth-order valence-electron chi connectivity index (χ4n) is 3.03. The highest BCUT2D eigenvalue weighted by molar-refractivity contribution is 5.54. The van der Waals surface area contributed by atoms with Crippen LogP contribution in [-0.2, 0) is 11.3 Å². The van der Waals surface area contributed by atoms with E-state index in [4.69, 9.17) is 18.9 Å². The molecular weight excluding hydrogens is 270 g/mol. The Labute approximate surface area is 125 Å². The second-order valence-electron chi connectivity index (χ2n) is 5.57. The number of benzene rings is 1. The van der Waals surface area contributed by atoms with Crippen molar-refractivity contribution < 1.29 is 18.9 Å². The summed E-state index contributed by atoms with van der Waals surface area (Å²) in [5.74, 6) is 2.23. The molecule has 3 rings (SSSR count). The molecule has 1 aliphatic heterocycles. The average molecular weight is 293 g/mol. The lowest BCUT2D eigenvalue weighted by molar-refractivity contribution is 0.107. The summed E-state index contributed by atoms with van der Waals surface area (Å²) in [5, 5.41) is 3.59. The average Bonchev–Trinajstić information content (AvgIpc) is 3.00. The zero-order valence-corrected chi connectivity index (χ0v) is 12.7. The van der Waals surface area contributed by atoms with Gasteiger partial charge in [-0.1, -0.05) is 0 Å². The largest absolute Gasteiger partial charge is 0.493 e. The molecule has 0 bridgehead atoms. The Morgan fingerprint density at radius 3 is 2.81 bits per heavy atom. The van der Waals surface area contributed by atoms with E-state index in [1.54, 1.807) is 14.2 Å². The van der Waals surface area contributed by atoms with Crippen molar-refractivity contribution in [3.05, 3.63) is 17.7 Å². The van der Waals surface area contributed by atoms with Gasteiger partial charge in [-0.05, 0) is 37.0 Å². The maximum atomic E-state index is 5.66. The lowest BCUT2D eigenvalue weighted by Crippen LogP contribution is -2.26. The Hall–Kier alpha value is -1.46. The van der Waals surface area contributed by atoms with Gasteiger partial charge in [-0.25, -0.2) is 0 Å². The predicted molar refractivity (Wildman–Crippen MR) is 79.3 cm³/mol. The third-order valence-electron chi connectivity index (χ3n) is 4.20. The molecule has 1 saturated carbocycles. The molecule has 21 heavy (non-hydrogen) atoms. The van der Waals surface area contributed by atoms with Crippen LogP contribution in [0.2, 0.25) is 0 Å². The van der Waals surface area contributed by atoms with Crippen LogP contribution < -0.4 is 19.5 Å². The van der Waals surface area contributed by atoms with Crippen molar-refractivity contribution in [2.24, 2.45) is 0 Å². The molecule has 1 aromatic rings. The van der Waals surface area contributed by atoms with Gasteiger partial charge in [0, 0.05) is 19.7 Å². The van der Waals surface area contributed by atoms with Crippen molar-refractivity contribution in [1.29, 1.82) is 0 Å². The minimum absolute atomic E-state index is 0.400. The van der Waals surface area contributed by atoms with Gasteiger partial charge in [0.1, 0.15) is 13.2 Å². The smallest absolute Gasteiger partial charge is 0.203 e. The van der Waals surface area contributed by atoms with Crippen LogP contribution in [0.4, 0.5) is 0 Å². The molecule has 116 valence electrons. The number of hydrogen-bond donors (Lipinski definition) is 1. The molecule has 5 heteroatoms. The Morgan fingerprint density at radius 1 is 1.19 bits per heavy atom. The van der Waals surface area contributed by atoms with E-state index in [0.29, 0.717) is 31.1 Å². The van der Waals surface area contributed by atoms with Gasteiger partial charge in [0.15, 0.2) is 11.5 Å². The van der Waals surface area contributed by atoms with Crippen LogP contribution in [-0.4, -0.2) is 39.6 Å². The molecule has 0 amide bonds. The van der Waals surface area contributed by atoms with Crippen molar-refractivity contribution in [2.45, 2.75) is 38.0 Å². The molecule has 1 aromatic carbocycles. The molecule has 2 atom stereocenters. The van der Waals surface area contributed by atoms with Crippen LogP contribution >= 0.6 is 0 Å². The standard InChI is InChI=1S/C16H23NO4/c1-18-13-4-3-12(9-13)17-10-11-7-14(19-2)16-15(8-11)20-5-6-21-16/h7-8,12-13,17H,3-6,9-10H2,1-2H3. The normalized spacial score (nSPS) is 24.1. The Morgan fingerprint density at radius 2 is 2.05 bits per heavy atom. The molecule has 1 fully saturated rings. The highest BCUT2D eigenvalue weighted by Gasteiger charge is 2.24. The third kappa shape index (κ3) is 3.24. The van der Waals surface area contributed by atoms with Gasteiger partial charge in [-0.2, -0.15) is 0 Å². The second kappa shape index (κ2) is 6.54. The van der Waals surface area contributed by atoms with Gasteiger partial charge in [0.25, 0.3) is 0 Å².